The Balaban J connectivity index is 1.41. The first-order valence-corrected chi connectivity index (χ1v) is 9.43. The quantitative estimate of drug-likeness (QED) is 0.675. The molecule has 3 aromatic rings. The summed E-state index contributed by atoms with van der Waals surface area (Å²) in [5.41, 5.74) is 1.64. The van der Waals surface area contributed by atoms with Crippen LogP contribution in [0, 0.1) is 0 Å². The largest absolute Gasteiger partial charge is 0.481 e. The molecule has 27 heavy (non-hydrogen) atoms. The molecule has 4 rings (SSSR count). The first-order chi connectivity index (χ1) is 13.1. The van der Waals surface area contributed by atoms with Gasteiger partial charge in [0, 0.05) is 16.0 Å². The van der Waals surface area contributed by atoms with Crippen LogP contribution in [0.2, 0.25) is 5.02 Å². The topological polar surface area (TPSA) is 69.7 Å². The number of benzene rings is 2. The van der Waals surface area contributed by atoms with Gasteiger partial charge in [-0.3, -0.25) is 10.1 Å². The molecule has 1 aliphatic heterocycles. The van der Waals surface area contributed by atoms with Gasteiger partial charge in [0.1, 0.15) is 5.75 Å². The van der Waals surface area contributed by atoms with Crippen LogP contribution in [0.4, 0.5) is 5.13 Å². The number of carbonyl (C=O) groups is 1. The van der Waals surface area contributed by atoms with Crippen molar-refractivity contribution in [1.29, 1.82) is 0 Å². The highest BCUT2D eigenvalue weighted by Crippen LogP contribution is 2.36. The van der Waals surface area contributed by atoms with Crippen LogP contribution in [-0.2, 0) is 4.79 Å². The molecule has 2 heterocycles. The molecule has 1 aliphatic rings. The summed E-state index contributed by atoms with van der Waals surface area (Å²) in [7, 11) is 0. The van der Waals surface area contributed by atoms with E-state index in [9.17, 15) is 4.79 Å². The Morgan fingerprint density at radius 3 is 2.81 bits per heavy atom. The second kappa shape index (κ2) is 7.46. The number of aromatic nitrogens is 1. The number of fused-ring (bicyclic) bond motifs is 1. The van der Waals surface area contributed by atoms with Crippen molar-refractivity contribution in [3.63, 3.8) is 0 Å². The summed E-state index contributed by atoms with van der Waals surface area (Å²) >= 11 is 7.19. The average molecular weight is 403 g/mol. The highest BCUT2D eigenvalue weighted by Gasteiger charge is 2.18. The van der Waals surface area contributed by atoms with E-state index in [2.05, 4.69) is 10.3 Å². The summed E-state index contributed by atoms with van der Waals surface area (Å²) < 4.78 is 16.3. The molecule has 0 bridgehead atoms. The third-order valence-corrected chi connectivity index (χ3v) is 4.91. The number of nitrogens with one attached hydrogen (secondary N) is 1. The number of carbonyl (C=O) groups excluding carboxylic acids is 1. The summed E-state index contributed by atoms with van der Waals surface area (Å²) in [6, 6.07) is 12.5. The standard InChI is InChI=1S/C19H15ClN2O4S/c1-11(26-14-5-3-13(20)4-6-14)18(23)22-19-21-15(9-27-19)12-2-7-16-17(8-12)25-10-24-16/h2-9,11H,10H2,1H3,(H,21,22,23)/t11-/m0/s1. The zero-order chi connectivity index (χ0) is 18.8. The number of hydrogen-bond acceptors (Lipinski definition) is 6. The minimum absolute atomic E-state index is 0.225. The van der Waals surface area contributed by atoms with Gasteiger partial charge in [0.15, 0.2) is 22.7 Å². The van der Waals surface area contributed by atoms with Gasteiger partial charge in [0.25, 0.3) is 5.91 Å². The van der Waals surface area contributed by atoms with Crippen molar-refractivity contribution in [2.45, 2.75) is 13.0 Å². The van der Waals surface area contributed by atoms with Crippen molar-refractivity contribution < 1.29 is 19.0 Å². The van der Waals surface area contributed by atoms with Gasteiger partial charge in [0.2, 0.25) is 6.79 Å². The van der Waals surface area contributed by atoms with E-state index in [0.29, 0.717) is 21.7 Å². The molecule has 1 atom stereocenters. The van der Waals surface area contributed by atoms with Crippen LogP contribution in [0.1, 0.15) is 6.92 Å². The molecule has 0 radical (unpaired) electrons. The normalized spacial score (nSPS) is 13.3. The summed E-state index contributed by atoms with van der Waals surface area (Å²) in [4.78, 5) is 16.8. The number of halogens is 1. The van der Waals surface area contributed by atoms with Gasteiger partial charge in [-0.25, -0.2) is 4.98 Å². The molecule has 0 aliphatic carbocycles. The van der Waals surface area contributed by atoms with Gasteiger partial charge in [0.05, 0.1) is 5.69 Å². The van der Waals surface area contributed by atoms with Crippen LogP contribution in [0.5, 0.6) is 17.2 Å². The zero-order valence-electron chi connectivity index (χ0n) is 14.3. The molecule has 1 amide bonds. The fraction of sp³-hybridized carbons (Fsp3) is 0.158. The number of thiazole rings is 1. The maximum atomic E-state index is 12.4. The highest BCUT2D eigenvalue weighted by molar-refractivity contribution is 7.14. The molecule has 8 heteroatoms. The van der Waals surface area contributed by atoms with Crippen molar-refractivity contribution in [1.82, 2.24) is 4.98 Å². The Labute approximate surface area is 164 Å². The van der Waals surface area contributed by atoms with Gasteiger partial charge < -0.3 is 14.2 Å². The van der Waals surface area contributed by atoms with Crippen molar-refractivity contribution in [2.24, 2.45) is 0 Å². The minimum atomic E-state index is -0.677. The SMILES string of the molecule is C[C@H](Oc1ccc(Cl)cc1)C(=O)Nc1nc(-c2ccc3c(c2)OCO3)cs1. The lowest BCUT2D eigenvalue weighted by molar-refractivity contribution is -0.122. The number of ether oxygens (including phenoxy) is 3. The molecular weight excluding hydrogens is 388 g/mol. The van der Waals surface area contributed by atoms with Crippen LogP contribution in [0.3, 0.4) is 0 Å². The summed E-state index contributed by atoms with van der Waals surface area (Å²) in [5, 5.41) is 5.76. The van der Waals surface area contributed by atoms with Crippen LogP contribution < -0.4 is 19.5 Å². The molecule has 0 fully saturated rings. The molecule has 1 N–H and O–H groups in total. The molecule has 0 unspecified atom stereocenters. The van der Waals surface area contributed by atoms with Gasteiger partial charge in [-0.2, -0.15) is 0 Å². The molecule has 138 valence electrons. The van der Waals surface area contributed by atoms with Crippen molar-refractivity contribution >= 4 is 34.0 Å². The minimum Gasteiger partial charge on any atom is -0.481 e. The Hall–Kier alpha value is -2.77. The second-order valence-electron chi connectivity index (χ2n) is 5.81. The predicted molar refractivity (Wildman–Crippen MR) is 104 cm³/mol. The average Bonchev–Trinajstić information content (AvgIpc) is 3.32. The first-order valence-electron chi connectivity index (χ1n) is 8.17. The number of hydrogen-bond donors (Lipinski definition) is 1. The summed E-state index contributed by atoms with van der Waals surface area (Å²) in [5.74, 6) is 1.70. The van der Waals surface area contributed by atoms with E-state index in [0.717, 1.165) is 17.0 Å². The Kier molecular flexibility index (Phi) is 4.87. The van der Waals surface area contributed by atoms with E-state index in [1.807, 2.05) is 23.6 Å². The molecule has 0 spiro atoms. The molecule has 1 aromatic heterocycles. The van der Waals surface area contributed by atoms with Crippen LogP contribution >= 0.6 is 22.9 Å². The Morgan fingerprint density at radius 1 is 1.22 bits per heavy atom. The molecule has 6 nitrogen and oxygen atoms in total. The number of rotatable bonds is 5. The van der Waals surface area contributed by atoms with Gasteiger partial charge in [-0.15, -0.1) is 11.3 Å². The molecule has 2 aromatic carbocycles. The van der Waals surface area contributed by atoms with E-state index in [1.165, 1.54) is 11.3 Å². The highest BCUT2D eigenvalue weighted by atomic mass is 35.5. The van der Waals surface area contributed by atoms with E-state index < -0.39 is 6.10 Å². The van der Waals surface area contributed by atoms with E-state index in [-0.39, 0.29) is 12.7 Å². The maximum Gasteiger partial charge on any atom is 0.266 e. The lowest BCUT2D eigenvalue weighted by Gasteiger charge is -2.13. The third kappa shape index (κ3) is 3.99. The van der Waals surface area contributed by atoms with Crippen LogP contribution in [0.25, 0.3) is 11.3 Å². The van der Waals surface area contributed by atoms with Crippen molar-refractivity contribution in [3.8, 4) is 28.5 Å². The maximum absolute atomic E-state index is 12.4. The molecule has 0 saturated heterocycles. The number of amides is 1. The fourth-order valence-electron chi connectivity index (χ4n) is 2.50. The summed E-state index contributed by atoms with van der Waals surface area (Å²) in [6.45, 7) is 1.90. The second-order valence-corrected chi connectivity index (χ2v) is 7.10. The summed E-state index contributed by atoms with van der Waals surface area (Å²) in [6.07, 6.45) is -0.677. The lowest BCUT2D eigenvalue weighted by Crippen LogP contribution is -2.30. The van der Waals surface area contributed by atoms with Gasteiger partial charge in [-0.05, 0) is 49.4 Å². The van der Waals surface area contributed by atoms with Crippen LogP contribution in [0.15, 0.2) is 47.8 Å². The van der Waals surface area contributed by atoms with E-state index >= 15 is 0 Å². The lowest BCUT2D eigenvalue weighted by atomic mass is 10.1. The van der Waals surface area contributed by atoms with E-state index in [4.69, 9.17) is 25.8 Å². The Bertz CT molecular complexity index is 974. The van der Waals surface area contributed by atoms with Gasteiger partial charge >= 0.3 is 0 Å². The number of anilines is 1. The zero-order valence-corrected chi connectivity index (χ0v) is 15.8. The monoisotopic (exact) mass is 402 g/mol. The predicted octanol–water partition coefficient (Wildman–Crippen LogP) is 4.60. The third-order valence-electron chi connectivity index (χ3n) is 3.90. The fourth-order valence-corrected chi connectivity index (χ4v) is 3.35. The smallest absolute Gasteiger partial charge is 0.266 e. The van der Waals surface area contributed by atoms with Crippen molar-refractivity contribution in [2.75, 3.05) is 12.1 Å². The first kappa shape index (κ1) is 17.6. The van der Waals surface area contributed by atoms with E-state index in [1.54, 1.807) is 31.2 Å². The van der Waals surface area contributed by atoms with Gasteiger partial charge in [-0.1, -0.05) is 11.6 Å². The van der Waals surface area contributed by atoms with Crippen molar-refractivity contribution in [3.05, 3.63) is 52.9 Å². The molecule has 0 saturated carbocycles. The Morgan fingerprint density at radius 2 is 2.00 bits per heavy atom. The molecular formula is C19H15ClN2O4S. The van der Waals surface area contributed by atoms with Crippen LogP contribution in [-0.4, -0.2) is 23.8 Å². The number of nitrogens with zero attached hydrogens (tertiary/aromatic N) is 1.